The quantitative estimate of drug-likeness (QED) is 0.559. The van der Waals surface area contributed by atoms with Crippen molar-refractivity contribution in [2.75, 3.05) is 19.8 Å². The molecule has 1 atom stereocenters. The first kappa shape index (κ1) is 21.2. The van der Waals surface area contributed by atoms with Gasteiger partial charge in [-0.15, -0.1) is 0 Å². The van der Waals surface area contributed by atoms with E-state index in [4.69, 9.17) is 13.9 Å². The fourth-order valence-corrected chi connectivity index (χ4v) is 3.03. The minimum absolute atomic E-state index is 0.138. The molecule has 0 aliphatic rings. The molecule has 3 aromatic rings. The topological polar surface area (TPSA) is 89.8 Å². The van der Waals surface area contributed by atoms with Crippen molar-refractivity contribution in [1.82, 2.24) is 10.6 Å². The van der Waals surface area contributed by atoms with Crippen molar-refractivity contribution in [2.24, 2.45) is 0 Å². The summed E-state index contributed by atoms with van der Waals surface area (Å²) in [5, 5.41) is 6.35. The molecule has 0 saturated heterocycles. The Balaban J connectivity index is 1.56. The van der Waals surface area contributed by atoms with E-state index in [2.05, 4.69) is 10.6 Å². The van der Waals surface area contributed by atoms with E-state index < -0.39 is 0 Å². The molecule has 2 amide bonds. The fraction of sp³-hybridized carbons (Fsp3) is 0.304. The van der Waals surface area contributed by atoms with Gasteiger partial charge >= 0.3 is 0 Å². The molecule has 1 heterocycles. The first-order chi connectivity index (χ1) is 14.5. The monoisotopic (exact) mass is 410 g/mol. The molecule has 2 aromatic carbocycles. The number of hydrogen-bond acceptors (Lipinski definition) is 5. The maximum absolute atomic E-state index is 12.3. The van der Waals surface area contributed by atoms with Crippen LogP contribution in [0.15, 0.2) is 52.9 Å². The van der Waals surface area contributed by atoms with Gasteiger partial charge in [0.15, 0.2) is 11.3 Å². The lowest BCUT2D eigenvalue weighted by atomic mass is 10.2. The number of fused-ring (bicyclic) bond motifs is 1. The Morgan fingerprint density at radius 1 is 1.03 bits per heavy atom. The second kappa shape index (κ2) is 9.82. The molecule has 0 radical (unpaired) electrons. The molecule has 2 N–H and O–H groups in total. The summed E-state index contributed by atoms with van der Waals surface area (Å²) in [5.74, 6) is 1.34. The first-order valence-electron chi connectivity index (χ1n) is 9.97. The van der Waals surface area contributed by atoms with Gasteiger partial charge in [0.1, 0.15) is 11.5 Å². The minimum atomic E-state index is -0.359. The van der Waals surface area contributed by atoms with Crippen LogP contribution in [0.2, 0.25) is 0 Å². The summed E-state index contributed by atoms with van der Waals surface area (Å²) < 4.78 is 16.8. The van der Waals surface area contributed by atoms with Gasteiger partial charge in [-0.25, -0.2) is 0 Å². The van der Waals surface area contributed by atoms with Crippen LogP contribution >= 0.6 is 0 Å². The predicted octanol–water partition coefficient (Wildman–Crippen LogP) is 3.84. The van der Waals surface area contributed by atoms with Gasteiger partial charge in [0, 0.05) is 10.9 Å². The number of nitrogens with one attached hydrogen (secondary N) is 2. The number of amides is 2. The number of benzene rings is 2. The van der Waals surface area contributed by atoms with Gasteiger partial charge in [-0.2, -0.15) is 0 Å². The Labute approximate surface area is 175 Å². The van der Waals surface area contributed by atoms with Gasteiger partial charge in [-0.3, -0.25) is 9.59 Å². The average Bonchev–Trinajstić information content (AvgIpc) is 3.19. The van der Waals surface area contributed by atoms with Gasteiger partial charge in [-0.1, -0.05) is 12.1 Å². The summed E-state index contributed by atoms with van der Waals surface area (Å²) in [6.07, 6.45) is 0. The smallest absolute Gasteiger partial charge is 0.251 e. The van der Waals surface area contributed by atoms with E-state index in [1.165, 1.54) is 0 Å². The molecule has 158 valence electrons. The maximum atomic E-state index is 12.3. The Morgan fingerprint density at radius 2 is 1.77 bits per heavy atom. The number of para-hydroxylation sites is 1. The van der Waals surface area contributed by atoms with Crippen molar-refractivity contribution in [3.63, 3.8) is 0 Å². The van der Waals surface area contributed by atoms with E-state index in [-0.39, 0.29) is 24.4 Å². The van der Waals surface area contributed by atoms with Crippen LogP contribution in [-0.2, 0) is 4.79 Å². The number of carbonyl (C=O) groups is 2. The number of rotatable bonds is 9. The number of carbonyl (C=O) groups excluding carboxylic acids is 2. The zero-order valence-electron chi connectivity index (χ0n) is 17.4. The highest BCUT2D eigenvalue weighted by atomic mass is 16.5. The molecule has 0 fully saturated rings. The Morgan fingerprint density at radius 3 is 2.47 bits per heavy atom. The van der Waals surface area contributed by atoms with E-state index in [1.54, 1.807) is 24.3 Å². The molecule has 0 aliphatic heterocycles. The lowest BCUT2D eigenvalue weighted by Gasteiger charge is -2.12. The minimum Gasteiger partial charge on any atom is -0.494 e. The molecule has 30 heavy (non-hydrogen) atoms. The highest BCUT2D eigenvalue weighted by molar-refractivity contribution is 5.96. The highest BCUT2D eigenvalue weighted by Crippen LogP contribution is 2.31. The maximum Gasteiger partial charge on any atom is 0.251 e. The number of hydrogen-bond donors (Lipinski definition) is 2. The Hall–Kier alpha value is -3.48. The van der Waals surface area contributed by atoms with Gasteiger partial charge in [0.05, 0.1) is 25.8 Å². The standard InChI is InChI=1S/C23H26N2O5/c1-4-28-18-11-9-16(10-12-18)23(27)24-14-21(26)25-15(3)20-13-17-7-6-8-19(29-5-2)22(17)30-20/h6-13,15H,4-5,14H2,1-3H3,(H,24,27)(H,25,26). The summed E-state index contributed by atoms with van der Waals surface area (Å²) in [4.78, 5) is 24.5. The largest absolute Gasteiger partial charge is 0.494 e. The van der Waals surface area contributed by atoms with Crippen LogP contribution in [0.4, 0.5) is 0 Å². The summed E-state index contributed by atoms with van der Waals surface area (Å²) in [6, 6.07) is 13.9. The van der Waals surface area contributed by atoms with Crippen LogP contribution in [0.1, 0.15) is 42.9 Å². The predicted molar refractivity (Wildman–Crippen MR) is 114 cm³/mol. The molecule has 0 aliphatic carbocycles. The lowest BCUT2D eigenvalue weighted by Crippen LogP contribution is -2.37. The van der Waals surface area contributed by atoms with Crippen LogP contribution in [-0.4, -0.2) is 31.6 Å². The number of furan rings is 1. The molecular formula is C23H26N2O5. The first-order valence-corrected chi connectivity index (χ1v) is 9.97. The second-order valence-corrected chi connectivity index (χ2v) is 6.69. The van der Waals surface area contributed by atoms with Gasteiger partial charge < -0.3 is 24.5 Å². The van der Waals surface area contributed by atoms with Crippen LogP contribution < -0.4 is 20.1 Å². The fourth-order valence-electron chi connectivity index (χ4n) is 3.03. The third kappa shape index (κ3) is 5.11. The number of ether oxygens (including phenoxy) is 2. The SMILES string of the molecule is CCOc1ccc(C(=O)NCC(=O)NC(C)c2cc3cccc(OCC)c3o2)cc1. The molecule has 7 nitrogen and oxygen atoms in total. The van der Waals surface area contributed by atoms with Gasteiger partial charge in [-0.05, 0) is 57.2 Å². The van der Waals surface area contributed by atoms with Crippen molar-refractivity contribution >= 4 is 22.8 Å². The van der Waals surface area contributed by atoms with Crippen molar-refractivity contribution < 1.29 is 23.5 Å². The molecule has 1 unspecified atom stereocenters. The van der Waals surface area contributed by atoms with Gasteiger partial charge in [0.2, 0.25) is 5.91 Å². The van der Waals surface area contributed by atoms with Crippen molar-refractivity contribution in [1.29, 1.82) is 0 Å². The summed E-state index contributed by atoms with van der Waals surface area (Å²) in [6.45, 7) is 6.58. The normalized spacial score (nSPS) is 11.7. The summed E-state index contributed by atoms with van der Waals surface area (Å²) >= 11 is 0. The van der Waals surface area contributed by atoms with Crippen LogP contribution in [0.5, 0.6) is 11.5 Å². The lowest BCUT2D eigenvalue weighted by molar-refractivity contribution is -0.120. The van der Waals surface area contributed by atoms with Crippen molar-refractivity contribution in [3.8, 4) is 11.5 Å². The molecule has 1 aromatic heterocycles. The van der Waals surface area contributed by atoms with Crippen LogP contribution in [0.3, 0.4) is 0 Å². The Kier molecular flexibility index (Phi) is 6.95. The summed E-state index contributed by atoms with van der Waals surface area (Å²) in [5.41, 5.74) is 1.11. The second-order valence-electron chi connectivity index (χ2n) is 6.69. The molecular weight excluding hydrogens is 384 g/mol. The third-order valence-corrected chi connectivity index (χ3v) is 4.47. The zero-order valence-corrected chi connectivity index (χ0v) is 17.4. The van der Waals surface area contributed by atoms with Crippen LogP contribution in [0.25, 0.3) is 11.0 Å². The van der Waals surface area contributed by atoms with E-state index in [0.717, 1.165) is 5.39 Å². The highest BCUT2D eigenvalue weighted by Gasteiger charge is 2.17. The average molecular weight is 410 g/mol. The molecule has 0 spiro atoms. The van der Waals surface area contributed by atoms with E-state index in [9.17, 15) is 9.59 Å². The van der Waals surface area contributed by atoms with Crippen molar-refractivity contribution in [3.05, 3.63) is 59.9 Å². The van der Waals surface area contributed by atoms with Crippen LogP contribution in [0, 0.1) is 0 Å². The molecule has 0 saturated carbocycles. The van der Waals surface area contributed by atoms with E-state index >= 15 is 0 Å². The zero-order chi connectivity index (χ0) is 21.5. The molecule has 7 heteroatoms. The van der Waals surface area contributed by atoms with E-state index in [1.807, 2.05) is 45.0 Å². The van der Waals surface area contributed by atoms with Crippen molar-refractivity contribution in [2.45, 2.75) is 26.8 Å². The molecule has 0 bridgehead atoms. The summed E-state index contributed by atoms with van der Waals surface area (Å²) in [7, 11) is 0. The third-order valence-electron chi connectivity index (χ3n) is 4.47. The molecule has 3 rings (SSSR count). The van der Waals surface area contributed by atoms with Gasteiger partial charge in [0.25, 0.3) is 5.91 Å². The van der Waals surface area contributed by atoms with E-state index in [0.29, 0.717) is 41.6 Å². The Bertz CT molecular complexity index is 1010.